The van der Waals surface area contributed by atoms with Gasteiger partial charge in [0, 0.05) is 9.99 Å². The number of halogens is 1. The van der Waals surface area contributed by atoms with E-state index in [1.807, 2.05) is 22.6 Å². The van der Waals surface area contributed by atoms with E-state index in [4.69, 9.17) is 33.2 Å². The number of nitrogens with zero attached hydrogens (tertiary/aromatic N) is 1. The maximum Gasteiger partial charge on any atom is 0.514 e. The van der Waals surface area contributed by atoms with Crippen LogP contribution in [0.2, 0.25) is 0 Å². The Morgan fingerprint density at radius 1 is 0.667 bits per heavy atom. The molecule has 0 aliphatic heterocycles. The third-order valence-electron chi connectivity index (χ3n) is 4.74. The van der Waals surface area contributed by atoms with E-state index in [-0.39, 0.29) is 24.5 Å². The largest absolute Gasteiger partial charge is 0.514 e. The number of ether oxygens (including phenoxy) is 7. The minimum atomic E-state index is -1.57. The fraction of sp³-hybridized carbons (Fsp3) is 0.645. The molecule has 0 aromatic heterocycles. The Morgan fingerprint density at radius 2 is 1.04 bits per heavy atom. The molecule has 1 rings (SSSR count). The summed E-state index contributed by atoms with van der Waals surface area (Å²) in [7, 11) is 0. The van der Waals surface area contributed by atoms with Crippen molar-refractivity contribution in [2.24, 2.45) is 0 Å². The number of imide groups is 1. The van der Waals surface area contributed by atoms with E-state index in [9.17, 15) is 24.0 Å². The number of amides is 2. The average Bonchev–Trinajstić information content (AvgIpc) is 2.76. The van der Waals surface area contributed by atoms with Crippen molar-refractivity contribution < 1.29 is 57.1 Å². The van der Waals surface area contributed by atoms with Gasteiger partial charge in [-0.25, -0.2) is 24.0 Å². The Kier molecular flexibility index (Phi) is 13.5. The van der Waals surface area contributed by atoms with Crippen LogP contribution in [0.15, 0.2) is 12.1 Å². The predicted molar refractivity (Wildman–Crippen MR) is 171 cm³/mol. The second kappa shape index (κ2) is 15.3. The topological polar surface area (TPSA) is 153 Å². The summed E-state index contributed by atoms with van der Waals surface area (Å²) >= 11 is 1.91. The van der Waals surface area contributed by atoms with Crippen LogP contribution in [0.5, 0.6) is 11.5 Å². The van der Waals surface area contributed by atoms with Gasteiger partial charge in [-0.3, -0.25) is 0 Å². The van der Waals surface area contributed by atoms with E-state index in [0.29, 0.717) is 14.0 Å². The number of benzene rings is 1. The van der Waals surface area contributed by atoms with Gasteiger partial charge in [0.15, 0.2) is 11.5 Å². The number of hydrogen-bond acceptors (Lipinski definition) is 12. The highest BCUT2D eigenvalue weighted by Gasteiger charge is 2.42. The second-order valence-electron chi connectivity index (χ2n) is 13.8. The number of hydrogen-bond donors (Lipinski definition) is 0. The standard InChI is InChI=1S/C31H46INO12/c1-14-39-23(34)20(33(24(35)42-28(2,3)4)25(36)43-29(5,6)7)15-18-16-21(40-26(37)44-30(8,9)10)22(17-19(18)32)41-27(38)45-31(11,12)13/h16-17,20H,14-15H2,1-13H3. The Bertz CT molecular complexity index is 1220. The van der Waals surface area contributed by atoms with Crippen molar-refractivity contribution in [2.45, 2.75) is 125 Å². The van der Waals surface area contributed by atoms with Crippen LogP contribution in [-0.2, 0) is 34.9 Å². The van der Waals surface area contributed by atoms with Crippen LogP contribution in [-0.4, -0.2) is 70.4 Å². The van der Waals surface area contributed by atoms with Crippen LogP contribution in [0.4, 0.5) is 19.2 Å². The van der Waals surface area contributed by atoms with Gasteiger partial charge in [-0.2, -0.15) is 4.90 Å². The van der Waals surface area contributed by atoms with E-state index in [1.165, 1.54) is 12.1 Å². The molecule has 13 nitrogen and oxygen atoms in total. The molecular formula is C31H46INO12. The summed E-state index contributed by atoms with van der Waals surface area (Å²) in [6.45, 7) is 21.0. The van der Waals surface area contributed by atoms with Crippen LogP contribution in [0.3, 0.4) is 0 Å². The number of carbonyl (C=O) groups is 5. The maximum atomic E-state index is 13.4. The molecule has 0 saturated carbocycles. The van der Waals surface area contributed by atoms with Gasteiger partial charge in [-0.1, -0.05) is 0 Å². The quantitative estimate of drug-likeness (QED) is 0.117. The maximum absolute atomic E-state index is 13.4. The minimum absolute atomic E-state index is 0.0570. The molecule has 1 aromatic carbocycles. The molecule has 14 heteroatoms. The summed E-state index contributed by atoms with van der Waals surface area (Å²) in [4.78, 5) is 65.8. The highest BCUT2D eigenvalue weighted by molar-refractivity contribution is 14.1. The Morgan fingerprint density at radius 3 is 1.40 bits per heavy atom. The molecule has 0 aliphatic carbocycles. The molecule has 0 fully saturated rings. The molecule has 0 N–H and O–H groups in total. The van der Waals surface area contributed by atoms with Gasteiger partial charge in [0.2, 0.25) is 0 Å². The molecule has 2 amide bonds. The predicted octanol–water partition coefficient (Wildman–Crippen LogP) is 7.57. The molecule has 0 aliphatic rings. The van der Waals surface area contributed by atoms with E-state index in [0.717, 1.165) is 0 Å². The van der Waals surface area contributed by atoms with Gasteiger partial charge in [0.1, 0.15) is 28.4 Å². The lowest BCUT2D eigenvalue weighted by Gasteiger charge is -2.32. The van der Waals surface area contributed by atoms with Crippen molar-refractivity contribution in [1.82, 2.24) is 4.90 Å². The van der Waals surface area contributed by atoms with E-state index in [2.05, 4.69) is 0 Å². The lowest BCUT2D eigenvalue weighted by Crippen LogP contribution is -2.53. The highest BCUT2D eigenvalue weighted by atomic mass is 127. The average molecular weight is 752 g/mol. The number of esters is 1. The summed E-state index contributed by atoms with van der Waals surface area (Å²) in [5, 5.41) is 0. The number of rotatable bonds is 7. The smallest absolute Gasteiger partial charge is 0.464 e. The van der Waals surface area contributed by atoms with Crippen molar-refractivity contribution >= 4 is 53.1 Å². The van der Waals surface area contributed by atoms with Crippen molar-refractivity contribution in [1.29, 1.82) is 0 Å². The van der Waals surface area contributed by atoms with Gasteiger partial charge in [0.05, 0.1) is 6.61 Å². The highest BCUT2D eigenvalue weighted by Crippen LogP contribution is 2.35. The summed E-state index contributed by atoms with van der Waals surface area (Å²) in [6.07, 6.45) is -4.77. The summed E-state index contributed by atoms with van der Waals surface area (Å²) in [6, 6.07) is 1.11. The molecule has 0 bridgehead atoms. The Labute approximate surface area is 278 Å². The van der Waals surface area contributed by atoms with Crippen molar-refractivity contribution in [3.8, 4) is 11.5 Å². The minimum Gasteiger partial charge on any atom is -0.464 e. The summed E-state index contributed by atoms with van der Waals surface area (Å²) in [5.74, 6) is -1.37. The first-order chi connectivity index (χ1) is 20.2. The van der Waals surface area contributed by atoms with E-state index >= 15 is 0 Å². The molecule has 0 heterocycles. The zero-order chi connectivity index (χ0) is 35.1. The molecule has 1 unspecified atom stereocenters. The third kappa shape index (κ3) is 15.0. The lowest BCUT2D eigenvalue weighted by atomic mass is 10.0. The molecule has 0 spiro atoms. The first-order valence-electron chi connectivity index (χ1n) is 14.3. The van der Waals surface area contributed by atoms with Crippen LogP contribution < -0.4 is 9.47 Å². The van der Waals surface area contributed by atoms with Gasteiger partial charge >= 0.3 is 30.5 Å². The summed E-state index contributed by atoms with van der Waals surface area (Å²) < 4.78 is 37.8. The van der Waals surface area contributed by atoms with Crippen molar-refractivity contribution in [3.05, 3.63) is 21.3 Å². The van der Waals surface area contributed by atoms with Crippen LogP contribution in [0.1, 0.15) is 95.6 Å². The van der Waals surface area contributed by atoms with Gasteiger partial charge in [-0.05, 0) is 130 Å². The summed E-state index contributed by atoms with van der Waals surface area (Å²) in [5.41, 5.74) is -3.54. The first kappa shape index (κ1) is 39.7. The monoisotopic (exact) mass is 751 g/mol. The van der Waals surface area contributed by atoms with E-state index < -0.39 is 58.9 Å². The molecule has 45 heavy (non-hydrogen) atoms. The SMILES string of the molecule is CCOC(=O)C(Cc1cc(OC(=O)OC(C)(C)C)c(OC(=O)OC(C)(C)C)cc1I)N(C(=O)OC(C)(C)C)C(=O)OC(C)(C)C. The fourth-order valence-electron chi connectivity index (χ4n) is 3.29. The second-order valence-corrected chi connectivity index (χ2v) is 15.0. The third-order valence-corrected chi connectivity index (χ3v) is 5.75. The molecule has 254 valence electrons. The zero-order valence-electron chi connectivity index (χ0n) is 28.4. The van der Waals surface area contributed by atoms with Crippen molar-refractivity contribution in [2.75, 3.05) is 6.61 Å². The zero-order valence-corrected chi connectivity index (χ0v) is 30.5. The van der Waals surface area contributed by atoms with Crippen LogP contribution in [0, 0.1) is 3.57 Å². The molecular weight excluding hydrogens is 705 g/mol. The van der Waals surface area contributed by atoms with Crippen LogP contribution >= 0.6 is 22.6 Å². The fourth-order valence-corrected chi connectivity index (χ4v) is 3.95. The van der Waals surface area contributed by atoms with Crippen molar-refractivity contribution in [3.63, 3.8) is 0 Å². The van der Waals surface area contributed by atoms with Crippen LogP contribution in [0.25, 0.3) is 0 Å². The Balaban J connectivity index is 3.77. The first-order valence-corrected chi connectivity index (χ1v) is 15.3. The number of carbonyl (C=O) groups excluding carboxylic acids is 5. The Hall–Kier alpha value is -3.30. The van der Waals surface area contributed by atoms with Gasteiger partial charge < -0.3 is 33.2 Å². The molecule has 1 aromatic rings. The normalized spacial score (nSPS) is 12.8. The lowest BCUT2D eigenvalue weighted by molar-refractivity contribution is -0.149. The molecule has 1 atom stereocenters. The van der Waals surface area contributed by atoms with Gasteiger partial charge in [-0.15, -0.1) is 0 Å². The van der Waals surface area contributed by atoms with E-state index in [1.54, 1.807) is 90.0 Å². The molecule has 0 saturated heterocycles. The molecule has 0 radical (unpaired) electrons. The van der Waals surface area contributed by atoms with Gasteiger partial charge in [0.25, 0.3) is 0 Å².